The van der Waals surface area contributed by atoms with E-state index < -0.39 is 0 Å². The molecule has 0 radical (unpaired) electrons. The molecule has 1 aliphatic rings. The summed E-state index contributed by atoms with van der Waals surface area (Å²) >= 11 is 0. The lowest BCUT2D eigenvalue weighted by molar-refractivity contribution is 0.352. The van der Waals surface area contributed by atoms with Crippen LogP contribution in [0.2, 0.25) is 0 Å². The van der Waals surface area contributed by atoms with Gasteiger partial charge < -0.3 is 4.52 Å². The van der Waals surface area contributed by atoms with Gasteiger partial charge in [0.25, 0.3) is 0 Å². The fourth-order valence-electron chi connectivity index (χ4n) is 2.23. The molecule has 4 nitrogen and oxygen atoms in total. The fraction of sp³-hybridized carbons (Fsp3) is 0.750. The quantitative estimate of drug-likeness (QED) is 0.781. The van der Waals surface area contributed by atoms with E-state index in [0.717, 1.165) is 5.82 Å². The second kappa shape index (κ2) is 5.11. The highest BCUT2D eigenvalue weighted by Gasteiger charge is 2.22. The van der Waals surface area contributed by atoms with Crippen LogP contribution in [0.25, 0.3) is 0 Å². The summed E-state index contributed by atoms with van der Waals surface area (Å²) in [6, 6.07) is 2.16. The van der Waals surface area contributed by atoms with E-state index >= 15 is 0 Å². The van der Waals surface area contributed by atoms with Crippen molar-refractivity contribution >= 4 is 0 Å². The number of hydrogen-bond acceptors (Lipinski definition) is 4. The standard InChI is InChI=1S/C12H17N3O/c1-9(6-7-13)8-11-14-12(15-16-11)10-4-2-3-5-10/h9-10H,2-6,8H2,1H3. The Labute approximate surface area is 95.7 Å². The Morgan fingerprint density at radius 1 is 1.50 bits per heavy atom. The van der Waals surface area contributed by atoms with E-state index in [-0.39, 0.29) is 0 Å². The van der Waals surface area contributed by atoms with E-state index in [1.807, 2.05) is 6.92 Å². The van der Waals surface area contributed by atoms with Crippen molar-refractivity contribution in [2.24, 2.45) is 5.92 Å². The van der Waals surface area contributed by atoms with Crippen LogP contribution >= 0.6 is 0 Å². The van der Waals surface area contributed by atoms with Crippen molar-refractivity contribution in [3.05, 3.63) is 11.7 Å². The van der Waals surface area contributed by atoms with Gasteiger partial charge in [-0.05, 0) is 18.8 Å². The summed E-state index contributed by atoms with van der Waals surface area (Å²) in [5.41, 5.74) is 0. The molecule has 1 unspecified atom stereocenters. The molecular formula is C12H17N3O. The van der Waals surface area contributed by atoms with Crippen molar-refractivity contribution in [2.75, 3.05) is 0 Å². The number of hydrogen-bond donors (Lipinski definition) is 0. The van der Waals surface area contributed by atoms with Crippen molar-refractivity contribution in [2.45, 2.75) is 51.4 Å². The van der Waals surface area contributed by atoms with Gasteiger partial charge in [-0.2, -0.15) is 10.2 Å². The van der Waals surface area contributed by atoms with Crippen LogP contribution in [-0.2, 0) is 6.42 Å². The van der Waals surface area contributed by atoms with Gasteiger partial charge in [-0.15, -0.1) is 0 Å². The molecule has 86 valence electrons. The van der Waals surface area contributed by atoms with E-state index in [9.17, 15) is 0 Å². The minimum absolute atomic E-state index is 0.293. The second-order valence-corrected chi connectivity index (χ2v) is 4.70. The molecule has 0 N–H and O–H groups in total. The van der Waals surface area contributed by atoms with Crippen molar-refractivity contribution in [1.82, 2.24) is 10.1 Å². The smallest absolute Gasteiger partial charge is 0.226 e. The molecule has 0 aromatic carbocycles. The van der Waals surface area contributed by atoms with E-state index in [1.54, 1.807) is 0 Å². The normalized spacial score (nSPS) is 18.5. The van der Waals surface area contributed by atoms with Crippen LogP contribution in [0.1, 0.15) is 56.7 Å². The average Bonchev–Trinajstić information content (AvgIpc) is 2.86. The summed E-state index contributed by atoms with van der Waals surface area (Å²) < 4.78 is 5.22. The van der Waals surface area contributed by atoms with Gasteiger partial charge in [-0.25, -0.2) is 0 Å². The molecule has 1 aromatic rings. The molecule has 1 saturated carbocycles. The summed E-state index contributed by atoms with van der Waals surface area (Å²) in [7, 11) is 0. The molecule has 0 amide bonds. The highest BCUT2D eigenvalue weighted by atomic mass is 16.5. The third-order valence-corrected chi connectivity index (χ3v) is 3.17. The molecule has 1 heterocycles. The number of nitrogens with zero attached hydrogens (tertiary/aromatic N) is 3. The SMILES string of the molecule is CC(CC#N)Cc1nc(C2CCCC2)no1. The van der Waals surface area contributed by atoms with Crippen molar-refractivity contribution in [3.63, 3.8) is 0 Å². The predicted molar refractivity (Wildman–Crippen MR) is 58.6 cm³/mol. The number of rotatable bonds is 4. The van der Waals surface area contributed by atoms with Gasteiger partial charge in [0.15, 0.2) is 5.82 Å². The average molecular weight is 219 g/mol. The first-order valence-electron chi connectivity index (χ1n) is 5.99. The molecule has 0 aliphatic heterocycles. The topological polar surface area (TPSA) is 62.7 Å². The summed E-state index contributed by atoms with van der Waals surface area (Å²) in [6.45, 7) is 2.03. The predicted octanol–water partition coefficient (Wildman–Crippen LogP) is 2.82. The van der Waals surface area contributed by atoms with Gasteiger partial charge in [0.05, 0.1) is 6.07 Å². The lowest BCUT2D eigenvalue weighted by atomic mass is 10.1. The molecule has 2 rings (SSSR count). The second-order valence-electron chi connectivity index (χ2n) is 4.70. The van der Waals surface area contributed by atoms with Crippen LogP contribution in [0, 0.1) is 17.2 Å². The lowest BCUT2D eigenvalue weighted by Gasteiger charge is -2.01. The summed E-state index contributed by atoms with van der Waals surface area (Å²) in [5.74, 6) is 2.35. The Morgan fingerprint density at radius 2 is 2.25 bits per heavy atom. The third-order valence-electron chi connectivity index (χ3n) is 3.17. The first-order valence-corrected chi connectivity index (χ1v) is 5.99. The molecule has 0 spiro atoms. The highest BCUT2D eigenvalue weighted by Crippen LogP contribution is 2.32. The zero-order valence-electron chi connectivity index (χ0n) is 9.65. The van der Waals surface area contributed by atoms with E-state index in [2.05, 4.69) is 16.2 Å². The Hall–Kier alpha value is -1.37. The molecule has 1 aliphatic carbocycles. The minimum atomic E-state index is 0.293. The molecule has 1 fully saturated rings. The molecule has 1 atom stereocenters. The molecule has 16 heavy (non-hydrogen) atoms. The van der Waals surface area contributed by atoms with Crippen LogP contribution < -0.4 is 0 Å². The number of aromatic nitrogens is 2. The summed E-state index contributed by atoms with van der Waals surface area (Å²) in [5, 5.41) is 12.6. The maximum Gasteiger partial charge on any atom is 0.226 e. The van der Waals surface area contributed by atoms with Gasteiger partial charge in [0.1, 0.15) is 0 Å². The molecule has 0 bridgehead atoms. The Bertz CT molecular complexity index is 374. The minimum Gasteiger partial charge on any atom is -0.339 e. The van der Waals surface area contributed by atoms with Crippen LogP contribution in [0.15, 0.2) is 4.52 Å². The Balaban J connectivity index is 1.94. The van der Waals surface area contributed by atoms with E-state index in [0.29, 0.717) is 30.6 Å². The van der Waals surface area contributed by atoms with Crippen LogP contribution in [0.3, 0.4) is 0 Å². The van der Waals surface area contributed by atoms with Crippen molar-refractivity contribution < 1.29 is 4.52 Å². The Kier molecular flexibility index (Phi) is 3.55. The van der Waals surface area contributed by atoms with Gasteiger partial charge in [0, 0.05) is 18.8 Å². The first-order chi connectivity index (χ1) is 7.79. The molecule has 1 aromatic heterocycles. The van der Waals surface area contributed by atoms with Crippen molar-refractivity contribution in [1.29, 1.82) is 5.26 Å². The number of nitriles is 1. The van der Waals surface area contributed by atoms with Crippen LogP contribution in [0.5, 0.6) is 0 Å². The largest absolute Gasteiger partial charge is 0.339 e. The van der Waals surface area contributed by atoms with Gasteiger partial charge >= 0.3 is 0 Å². The van der Waals surface area contributed by atoms with E-state index in [1.165, 1.54) is 25.7 Å². The van der Waals surface area contributed by atoms with E-state index in [4.69, 9.17) is 9.78 Å². The first kappa shape index (κ1) is 11.1. The molecular weight excluding hydrogens is 202 g/mol. The highest BCUT2D eigenvalue weighted by molar-refractivity contribution is 4.98. The maximum absolute atomic E-state index is 8.58. The fourth-order valence-corrected chi connectivity index (χ4v) is 2.23. The van der Waals surface area contributed by atoms with Crippen molar-refractivity contribution in [3.8, 4) is 6.07 Å². The molecule has 0 saturated heterocycles. The summed E-state index contributed by atoms with van der Waals surface area (Å²) in [6.07, 6.45) is 6.19. The van der Waals surface area contributed by atoms with Gasteiger partial charge in [0.2, 0.25) is 5.89 Å². The lowest BCUT2D eigenvalue weighted by Crippen LogP contribution is -2.00. The van der Waals surface area contributed by atoms with Crippen LogP contribution in [-0.4, -0.2) is 10.1 Å². The zero-order chi connectivity index (χ0) is 11.4. The van der Waals surface area contributed by atoms with Crippen LogP contribution in [0.4, 0.5) is 0 Å². The third kappa shape index (κ3) is 2.60. The maximum atomic E-state index is 8.58. The monoisotopic (exact) mass is 219 g/mol. The van der Waals surface area contributed by atoms with Gasteiger partial charge in [-0.1, -0.05) is 24.9 Å². The van der Waals surface area contributed by atoms with Gasteiger partial charge in [-0.3, -0.25) is 0 Å². The summed E-state index contributed by atoms with van der Waals surface area (Å²) in [4.78, 5) is 4.43. The Morgan fingerprint density at radius 3 is 2.94 bits per heavy atom. The zero-order valence-corrected chi connectivity index (χ0v) is 9.65. The molecule has 4 heteroatoms.